The number of fused-ring (bicyclic) bond motifs is 1. The minimum atomic E-state index is -0.540. The van der Waals surface area contributed by atoms with Crippen molar-refractivity contribution in [2.24, 2.45) is 0 Å². The largest absolute Gasteiger partial charge is 0.465 e. The molecule has 1 amide bonds. The molecule has 2 aromatic carbocycles. The molecule has 0 aliphatic rings. The van der Waals surface area contributed by atoms with Crippen molar-refractivity contribution >= 4 is 56.0 Å². The molecule has 0 unspecified atom stereocenters. The predicted molar refractivity (Wildman–Crippen MR) is 100 cm³/mol. The highest BCUT2D eigenvalue weighted by atomic mass is 79.9. The van der Waals surface area contributed by atoms with E-state index in [1.165, 1.54) is 13.2 Å². The lowest BCUT2D eigenvalue weighted by atomic mass is 10.1. The van der Waals surface area contributed by atoms with Gasteiger partial charge in [-0.15, -0.1) is 0 Å². The topological polar surface area (TPSA) is 68.3 Å². The summed E-state index contributed by atoms with van der Waals surface area (Å²) in [6.07, 6.45) is 0. The Morgan fingerprint density at radius 3 is 2.56 bits per heavy atom. The average molecular weight is 420 g/mol. The van der Waals surface area contributed by atoms with Crippen LogP contribution in [0.2, 0.25) is 5.15 Å². The van der Waals surface area contributed by atoms with E-state index in [-0.39, 0.29) is 16.6 Å². The van der Waals surface area contributed by atoms with Gasteiger partial charge in [0, 0.05) is 10.9 Å². The van der Waals surface area contributed by atoms with E-state index in [1.807, 2.05) is 6.07 Å². The van der Waals surface area contributed by atoms with Gasteiger partial charge in [0.25, 0.3) is 5.91 Å². The van der Waals surface area contributed by atoms with Gasteiger partial charge in [-0.25, -0.2) is 9.78 Å². The van der Waals surface area contributed by atoms with E-state index >= 15 is 0 Å². The molecule has 1 N–H and O–H groups in total. The summed E-state index contributed by atoms with van der Waals surface area (Å²) in [4.78, 5) is 28.6. The molecule has 1 aromatic heterocycles. The molecular weight excluding hydrogens is 408 g/mol. The molecule has 126 valence electrons. The number of pyridine rings is 1. The molecular formula is C18H12BrClN2O3. The standard InChI is InChI=1S/C18H12BrClN2O3/c1-25-18(24)11-9-14(20)21-12-7-8-13(16(19)15(11)12)22-17(23)10-5-3-2-4-6-10/h2-9H,1H3,(H,22,23). The number of halogens is 2. The Morgan fingerprint density at radius 1 is 1.16 bits per heavy atom. The number of carbonyl (C=O) groups excluding carboxylic acids is 2. The number of rotatable bonds is 3. The van der Waals surface area contributed by atoms with Crippen LogP contribution in [-0.2, 0) is 4.74 Å². The van der Waals surface area contributed by atoms with Crippen molar-refractivity contribution in [1.82, 2.24) is 4.98 Å². The molecule has 0 bridgehead atoms. The number of carbonyl (C=O) groups is 2. The number of nitrogens with one attached hydrogen (secondary N) is 1. The van der Waals surface area contributed by atoms with Gasteiger partial charge in [0.2, 0.25) is 0 Å². The van der Waals surface area contributed by atoms with E-state index in [0.717, 1.165) is 0 Å². The normalized spacial score (nSPS) is 10.5. The van der Waals surface area contributed by atoms with Gasteiger partial charge in [-0.05, 0) is 46.3 Å². The summed E-state index contributed by atoms with van der Waals surface area (Å²) in [5, 5.41) is 3.52. The fraction of sp³-hybridized carbons (Fsp3) is 0.0556. The monoisotopic (exact) mass is 418 g/mol. The SMILES string of the molecule is COC(=O)c1cc(Cl)nc2ccc(NC(=O)c3ccccc3)c(Br)c12. The fourth-order valence-electron chi connectivity index (χ4n) is 2.41. The third-order valence-corrected chi connectivity index (χ3v) is 4.59. The molecule has 3 rings (SSSR count). The molecule has 25 heavy (non-hydrogen) atoms. The number of hydrogen-bond donors (Lipinski definition) is 1. The van der Waals surface area contributed by atoms with Crippen molar-refractivity contribution < 1.29 is 14.3 Å². The Labute approximate surface area is 157 Å². The van der Waals surface area contributed by atoms with Gasteiger partial charge < -0.3 is 10.1 Å². The van der Waals surface area contributed by atoms with Gasteiger partial charge in [-0.2, -0.15) is 0 Å². The highest BCUT2D eigenvalue weighted by molar-refractivity contribution is 9.10. The van der Waals surface area contributed by atoms with E-state index in [9.17, 15) is 9.59 Å². The number of benzene rings is 2. The Kier molecular flexibility index (Phi) is 5.01. The molecule has 0 saturated carbocycles. The van der Waals surface area contributed by atoms with Crippen LogP contribution in [0, 0.1) is 0 Å². The van der Waals surface area contributed by atoms with Crippen LogP contribution in [-0.4, -0.2) is 24.0 Å². The van der Waals surface area contributed by atoms with Crippen LogP contribution in [0.25, 0.3) is 10.9 Å². The van der Waals surface area contributed by atoms with E-state index < -0.39 is 5.97 Å². The number of aromatic nitrogens is 1. The summed E-state index contributed by atoms with van der Waals surface area (Å²) < 4.78 is 5.34. The third kappa shape index (κ3) is 3.50. The van der Waals surface area contributed by atoms with Gasteiger partial charge in [-0.1, -0.05) is 29.8 Å². The first-order valence-corrected chi connectivity index (χ1v) is 8.42. The average Bonchev–Trinajstić information content (AvgIpc) is 2.63. The molecule has 1 heterocycles. The highest BCUT2D eigenvalue weighted by Gasteiger charge is 2.18. The molecule has 0 radical (unpaired) electrons. The van der Waals surface area contributed by atoms with Crippen LogP contribution in [0.4, 0.5) is 5.69 Å². The van der Waals surface area contributed by atoms with Crippen molar-refractivity contribution in [3.63, 3.8) is 0 Å². The lowest BCUT2D eigenvalue weighted by Crippen LogP contribution is -2.12. The summed E-state index contributed by atoms with van der Waals surface area (Å²) in [5.74, 6) is -0.802. The minimum Gasteiger partial charge on any atom is -0.465 e. The Balaban J connectivity index is 2.09. The maximum absolute atomic E-state index is 12.4. The fourth-order valence-corrected chi connectivity index (χ4v) is 3.25. The van der Waals surface area contributed by atoms with Gasteiger partial charge in [-0.3, -0.25) is 4.79 Å². The number of hydrogen-bond acceptors (Lipinski definition) is 4. The van der Waals surface area contributed by atoms with Gasteiger partial charge >= 0.3 is 5.97 Å². The number of esters is 1. The number of amides is 1. The summed E-state index contributed by atoms with van der Waals surface area (Å²) in [5.41, 5.74) is 1.81. The van der Waals surface area contributed by atoms with Crippen LogP contribution in [0.15, 0.2) is 53.0 Å². The Hall–Kier alpha value is -2.44. The molecule has 3 aromatic rings. The summed E-state index contributed by atoms with van der Waals surface area (Å²) >= 11 is 9.43. The van der Waals surface area contributed by atoms with Gasteiger partial charge in [0.15, 0.2) is 0 Å². The van der Waals surface area contributed by atoms with Crippen molar-refractivity contribution in [3.8, 4) is 0 Å². The zero-order valence-electron chi connectivity index (χ0n) is 13.0. The van der Waals surface area contributed by atoms with Crippen molar-refractivity contribution in [2.75, 3.05) is 12.4 Å². The predicted octanol–water partition coefficient (Wildman–Crippen LogP) is 4.69. The highest BCUT2D eigenvalue weighted by Crippen LogP contribution is 2.34. The van der Waals surface area contributed by atoms with Crippen LogP contribution >= 0.6 is 27.5 Å². The van der Waals surface area contributed by atoms with Crippen molar-refractivity contribution in [3.05, 3.63) is 69.3 Å². The van der Waals surface area contributed by atoms with Crippen molar-refractivity contribution in [1.29, 1.82) is 0 Å². The lowest BCUT2D eigenvalue weighted by Gasteiger charge is -2.12. The zero-order valence-corrected chi connectivity index (χ0v) is 15.4. The van der Waals surface area contributed by atoms with Gasteiger partial charge in [0.1, 0.15) is 5.15 Å². The molecule has 0 aliphatic heterocycles. The van der Waals surface area contributed by atoms with E-state index in [2.05, 4.69) is 26.2 Å². The molecule has 7 heteroatoms. The maximum atomic E-state index is 12.4. The minimum absolute atomic E-state index is 0.181. The lowest BCUT2D eigenvalue weighted by molar-refractivity contribution is 0.0602. The van der Waals surface area contributed by atoms with Gasteiger partial charge in [0.05, 0.1) is 28.4 Å². The smallest absolute Gasteiger partial charge is 0.338 e. The summed E-state index contributed by atoms with van der Waals surface area (Å²) in [6, 6.07) is 13.6. The second-order valence-corrected chi connectivity index (χ2v) is 6.31. The molecule has 0 saturated heterocycles. The van der Waals surface area contributed by atoms with Crippen LogP contribution < -0.4 is 5.32 Å². The molecule has 0 atom stereocenters. The second kappa shape index (κ2) is 7.21. The summed E-state index contributed by atoms with van der Waals surface area (Å²) in [7, 11) is 1.29. The first-order chi connectivity index (χ1) is 12.0. The first kappa shape index (κ1) is 17.4. The third-order valence-electron chi connectivity index (χ3n) is 3.57. The second-order valence-electron chi connectivity index (χ2n) is 5.13. The molecule has 0 spiro atoms. The van der Waals surface area contributed by atoms with E-state index in [0.29, 0.717) is 26.6 Å². The van der Waals surface area contributed by atoms with E-state index in [4.69, 9.17) is 16.3 Å². The number of anilines is 1. The quantitative estimate of drug-likeness (QED) is 0.494. The number of nitrogens with zero attached hydrogens (tertiary/aromatic N) is 1. The summed E-state index contributed by atoms with van der Waals surface area (Å²) in [6.45, 7) is 0. The Bertz CT molecular complexity index is 977. The Morgan fingerprint density at radius 2 is 1.88 bits per heavy atom. The number of methoxy groups -OCH3 is 1. The molecule has 5 nitrogen and oxygen atoms in total. The molecule has 0 aliphatic carbocycles. The first-order valence-electron chi connectivity index (χ1n) is 7.24. The van der Waals surface area contributed by atoms with Crippen LogP contribution in [0.5, 0.6) is 0 Å². The maximum Gasteiger partial charge on any atom is 0.338 e. The zero-order chi connectivity index (χ0) is 18.0. The number of ether oxygens (including phenoxy) is 1. The van der Waals surface area contributed by atoms with Crippen LogP contribution in [0.3, 0.4) is 0 Å². The molecule has 0 fully saturated rings. The van der Waals surface area contributed by atoms with Crippen LogP contribution in [0.1, 0.15) is 20.7 Å². The van der Waals surface area contributed by atoms with Crippen molar-refractivity contribution in [2.45, 2.75) is 0 Å². The van der Waals surface area contributed by atoms with E-state index in [1.54, 1.807) is 36.4 Å².